The summed E-state index contributed by atoms with van der Waals surface area (Å²) < 4.78 is 44.0. The lowest BCUT2D eigenvalue weighted by Gasteiger charge is -2.21. The van der Waals surface area contributed by atoms with Crippen molar-refractivity contribution in [3.05, 3.63) is 54.0 Å². The van der Waals surface area contributed by atoms with Crippen molar-refractivity contribution in [3.8, 4) is 17.2 Å². The van der Waals surface area contributed by atoms with Crippen LogP contribution in [-0.4, -0.2) is 38.1 Å². The van der Waals surface area contributed by atoms with Gasteiger partial charge in [0.25, 0.3) is 5.91 Å². The molecule has 0 spiro atoms. The highest BCUT2D eigenvalue weighted by atomic mass is 32.2. The van der Waals surface area contributed by atoms with Crippen molar-refractivity contribution in [1.82, 2.24) is 10.6 Å². The lowest BCUT2D eigenvalue weighted by Crippen LogP contribution is -2.50. The first-order chi connectivity index (χ1) is 16.9. The molecule has 1 fully saturated rings. The van der Waals surface area contributed by atoms with Crippen molar-refractivity contribution in [2.24, 2.45) is 5.92 Å². The third-order valence-electron chi connectivity index (χ3n) is 6.11. The first-order valence-corrected chi connectivity index (χ1v) is 13.4. The summed E-state index contributed by atoms with van der Waals surface area (Å²) in [6.45, 7) is 3.77. The number of carbonyl (C=O) groups is 2. The van der Waals surface area contributed by atoms with Gasteiger partial charge in [0.05, 0.1) is 16.4 Å². The number of nitrogens with zero attached hydrogens (tertiary/aromatic N) is 1. The predicted octanol–water partition coefficient (Wildman–Crippen LogP) is 3.96. The Bertz CT molecular complexity index is 1480. The maximum Gasteiger partial charge on any atom is 0.290 e. The predicted molar refractivity (Wildman–Crippen MR) is 131 cm³/mol. The van der Waals surface area contributed by atoms with Gasteiger partial charge >= 0.3 is 0 Å². The summed E-state index contributed by atoms with van der Waals surface area (Å²) in [4.78, 5) is 25.9. The Kier molecular flexibility index (Phi) is 6.62. The molecule has 1 saturated carbocycles. The van der Waals surface area contributed by atoms with Crippen LogP contribution in [0, 0.1) is 23.1 Å². The fraction of sp³-hybridized carbons (Fsp3) is 0.346. The number of benzene rings is 2. The number of rotatable bonds is 8. The molecule has 1 unspecified atom stereocenters. The van der Waals surface area contributed by atoms with E-state index in [4.69, 9.17) is 4.42 Å². The summed E-state index contributed by atoms with van der Waals surface area (Å²) in [5.41, 5.74) is 0.574. The number of amides is 2. The number of nitriles is 1. The van der Waals surface area contributed by atoms with Crippen LogP contribution in [0.1, 0.15) is 43.7 Å². The van der Waals surface area contributed by atoms with Crippen molar-refractivity contribution < 1.29 is 26.8 Å². The van der Waals surface area contributed by atoms with E-state index in [1.54, 1.807) is 24.3 Å². The van der Waals surface area contributed by atoms with Crippen molar-refractivity contribution in [3.63, 3.8) is 0 Å². The van der Waals surface area contributed by atoms with Crippen molar-refractivity contribution >= 4 is 32.6 Å². The number of sulfone groups is 1. The summed E-state index contributed by atoms with van der Waals surface area (Å²) in [7, 11) is -3.34. The van der Waals surface area contributed by atoms with Gasteiger partial charge < -0.3 is 15.1 Å². The molecular formula is C26H26FN3O5S. The fourth-order valence-corrected chi connectivity index (χ4v) is 4.56. The minimum atomic E-state index is -3.34. The molecule has 8 nitrogen and oxygen atoms in total. The van der Waals surface area contributed by atoms with Crippen LogP contribution in [0.15, 0.2) is 51.8 Å². The molecule has 2 amide bonds. The second-order valence-corrected chi connectivity index (χ2v) is 11.6. The van der Waals surface area contributed by atoms with Gasteiger partial charge in [0.2, 0.25) is 11.7 Å². The molecule has 0 bridgehead atoms. The molecule has 3 aromatic rings. The molecule has 188 valence electrons. The number of halogens is 1. The Balaban J connectivity index is 1.58. The molecular weight excluding hydrogens is 485 g/mol. The average Bonchev–Trinajstić information content (AvgIpc) is 3.52. The number of furan rings is 1. The van der Waals surface area contributed by atoms with E-state index in [0.717, 1.165) is 6.26 Å². The summed E-state index contributed by atoms with van der Waals surface area (Å²) in [6.07, 6.45) is 2.52. The maximum absolute atomic E-state index is 15.1. The SMILES string of the molecule is CC(C)CC(NC(=O)c1oc2cc(-c3ccc(S(C)(=O)=O)cc3)ccc2c1F)C(=O)NC1(C#N)CC1. The smallest absolute Gasteiger partial charge is 0.290 e. The Labute approximate surface area is 208 Å². The summed E-state index contributed by atoms with van der Waals surface area (Å²) in [5.74, 6) is -2.70. The van der Waals surface area contributed by atoms with E-state index in [9.17, 15) is 23.3 Å². The number of nitrogens with one attached hydrogen (secondary N) is 2. The van der Waals surface area contributed by atoms with Crippen molar-refractivity contribution in [1.29, 1.82) is 5.26 Å². The zero-order valence-electron chi connectivity index (χ0n) is 20.1. The van der Waals surface area contributed by atoms with Crippen LogP contribution in [0.5, 0.6) is 0 Å². The molecule has 4 rings (SSSR count). The molecule has 1 heterocycles. The Morgan fingerprint density at radius 3 is 2.33 bits per heavy atom. The first kappa shape index (κ1) is 25.4. The third-order valence-corrected chi connectivity index (χ3v) is 7.24. The minimum absolute atomic E-state index is 0.0513. The average molecular weight is 512 g/mol. The molecule has 10 heteroatoms. The van der Waals surface area contributed by atoms with E-state index in [-0.39, 0.29) is 21.8 Å². The molecule has 0 radical (unpaired) electrons. The molecule has 1 aliphatic rings. The standard InChI is InChI=1S/C26H26FN3O5S/c1-15(2)12-20(24(31)30-26(14-28)10-11-26)29-25(32)23-22(27)19-9-6-17(13-21(19)35-23)16-4-7-18(8-5-16)36(3,33)34/h4-9,13,15,20H,10-12H2,1-3H3,(H,29,32)(H,30,31). The zero-order chi connectivity index (χ0) is 26.3. The van der Waals surface area contributed by atoms with Gasteiger partial charge in [-0.15, -0.1) is 0 Å². The molecule has 1 aliphatic carbocycles. The van der Waals surface area contributed by atoms with Crippen molar-refractivity contribution in [2.45, 2.75) is 49.6 Å². The molecule has 2 aromatic carbocycles. The van der Waals surface area contributed by atoms with Crippen LogP contribution in [-0.2, 0) is 14.6 Å². The monoisotopic (exact) mass is 511 g/mol. The molecule has 36 heavy (non-hydrogen) atoms. The van der Waals surface area contributed by atoms with Crippen LogP contribution in [0.25, 0.3) is 22.1 Å². The fourth-order valence-electron chi connectivity index (χ4n) is 3.92. The van der Waals surface area contributed by atoms with Crippen LogP contribution in [0.2, 0.25) is 0 Å². The summed E-state index contributed by atoms with van der Waals surface area (Å²) >= 11 is 0. The maximum atomic E-state index is 15.1. The highest BCUT2D eigenvalue weighted by molar-refractivity contribution is 7.90. The Morgan fingerprint density at radius 2 is 1.78 bits per heavy atom. The van der Waals surface area contributed by atoms with Gasteiger partial charge in [-0.25, -0.2) is 12.8 Å². The molecule has 0 saturated heterocycles. The zero-order valence-corrected chi connectivity index (χ0v) is 20.9. The molecule has 1 atom stereocenters. The van der Waals surface area contributed by atoms with E-state index >= 15 is 4.39 Å². The number of hydrogen-bond acceptors (Lipinski definition) is 6. The van der Waals surface area contributed by atoms with E-state index in [0.29, 0.717) is 30.4 Å². The highest BCUT2D eigenvalue weighted by Gasteiger charge is 2.45. The van der Waals surface area contributed by atoms with Crippen LogP contribution < -0.4 is 10.6 Å². The number of hydrogen-bond donors (Lipinski definition) is 2. The number of carbonyl (C=O) groups excluding carboxylic acids is 2. The van der Waals surface area contributed by atoms with Crippen molar-refractivity contribution in [2.75, 3.05) is 6.26 Å². The largest absolute Gasteiger partial charge is 0.448 e. The van der Waals surface area contributed by atoms with E-state index in [1.165, 1.54) is 18.2 Å². The lowest BCUT2D eigenvalue weighted by molar-refractivity contribution is -0.123. The topological polar surface area (TPSA) is 129 Å². The van der Waals surface area contributed by atoms with Gasteiger partial charge in [0, 0.05) is 6.26 Å². The normalized spacial score (nSPS) is 15.3. The van der Waals surface area contributed by atoms with E-state index in [2.05, 4.69) is 16.7 Å². The van der Waals surface area contributed by atoms with Gasteiger partial charge in [-0.1, -0.05) is 32.0 Å². The quantitative estimate of drug-likeness (QED) is 0.471. The highest BCUT2D eigenvalue weighted by Crippen LogP contribution is 2.34. The Morgan fingerprint density at radius 1 is 1.14 bits per heavy atom. The van der Waals surface area contributed by atoms with E-state index in [1.807, 2.05) is 13.8 Å². The van der Waals surface area contributed by atoms with Gasteiger partial charge in [-0.05, 0) is 60.6 Å². The number of fused-ring (bicyclic) bond motifs is 1. The molecule has 2 N–H and O–H groups in total. The lowest BCUT2D eigenvalue weighted by atomic mass is 10.0. The van der Waals surface area contributed by atoms with E-state index < -0.39 is 44.8 Å². The molecule has 1 aromatic heterocycles. The minimum Gasteiger partial charge on any atom is -0.448 e. The summed E-state index contributed by atoms with van der Waals surface area (Å²) in [5, 5.41) is 14.6. The Hall–Kier alpha value is -3.71. The third kappa shape index (κ3) is 5.26. The second-order valence-electron chi connectivity index (χ2n) is 9.59. The van der Waals surface area contributed by atoms with Gasteiger partial charge in [-0.3, -0.25) is 9.59 Å². The van der Waals surface area contributed by atoms with Gasteiger partial charge in [0.1, 0.15) is 17.2 Å². The second kappa shape index (κ2) is 9.39. The van der Waals surface area contributed by atoms with Gasteiger partial charge in [0.15, 0.2) is 15.7 Å². The van der Waals surface area contributed by atoms with Crippen LogP contribution in [0.4, 0.5) is 4.39 Å². The van der Waals surface area contributed by atoms with Gasteiger partial charge in [-0.2, -0.15) is 5.26 Å². The summed E-state index contributed by atoms with van der Waals surface area (Å²) in [6, 6.07) is 12.0. The molecule has 0 aliphatic heterocycles. The van der Waals surface area contributed by atoms with Crippen LogP contribution in [0.3, 0.4) is 0 Å². The first-order valence-electron chi connectivity index (χ1n) is 11.5. The van der Waals surface area contributed by atoms with Crippen LogP contribution >= 0.6 is 0 Å².